The summed E-state index contributed by atoms with van der Waals surface area (Å²) >= 11 is 1.51. The molecule has 2 aromatic heterocycles. The Morgan fingerprint density at radius 1 is 1.23 bits per heavy atom. The first-order valence-electron chi connectivity index (χ1n) is 10.4. The summed E-state index contributed by atoms with van der Waals surface area (Å²) in [6.07, 6.45) is 7.32. The summed E-state index contributed by atoms with van der Waals surface area (Å²) in [7, 11) is 0. The van der Waals surface area contributed by atoms with Crippen LogP contribution in [0.2, 0.25) is 0 Å². The van der Waals surface area contributed by atoms with Gasteiger partial charge in [0.15, 0.2) is 5.13 Å². The summed E-state index contributed by atoms with van der Waals surface area (Å²) in [5.74, 6) is -0.368. The molecule has 1 atom stereocenters. The van der Waals surface area contributed by atoms with Crippen molar-refractivity contribution in [2.75, 3.05) is 11.4 Å². The van der Waals surface area contributed by atoms with Crippen LogP contribution in [0.15, 0.2) is 30.9 Å². The van der Waals surface area contributed by atoms with Gasteiger partial charge in [0.2, 0.25) is 11.8 Å². The lowest BCUT2D eigenvalue weighted by Gasteiger charge is -2.29. The zero-order valence-electron chi connectivity index (χ0n) is 16.8. The standard InChI is InChI=1S/C21H24N6O2S/c1-13-2-7-17-18(8-13)30-21(25-17)26-10-14(9-19(26)28)20(29)24-15-3-5-16(6-4-15)27-12-22-11-23-27/h2,7-8,11-12,14-16H,3-6,9-10H2,1H3,(H,24,29). The van der Waals surface area contributed by atoms with Gasteiger partial charge in [-0.3, -0.25) is 14.5 Å². The lowest BCUT2D eigenvalue weighted by Crippen LogP contribution is -2.42. The number of rotatable bonds is 4. The highest BCUT2D eigenvalue weighted by atomic mass is 32.1. The second-order valence-corrected chi connectivity index (χ2v) is 9.27. The first-order chi connectivity index (χ1) is 14.6. The summed E-state index contributed by atoms with van der Waals surface area (Å²) in [6, 6.07) is 6.59. The molecule has 3 aromatic rings. The van der Waals surface area contributed by atoms with Crippen LogP contribution >= 0.6 is 11.3 Å². The molecule has 8 nitrogen and oxygen atoms in total. The monoisotopic (exact) mass is 424 g/mol. The van der Waals surface area contributed by atoms with Crippen molar-refractivity contribution in [2.24, 2.45) is 5.92 Å². The van der Waals surface area contributed by atoms with Crippen molar-refractivity contribution in [3.63, 3.8) is 0 Å². The maximum atomic E-state index is 12.8. The van der Waals surface area contributed by atoms with Gasteiger partial charge in [-0.15, -0.1) is 0 Å². The minimum absolute atomic E-state index is 0.0213. The molecule has 1 saturated carbocycles. The van der Waals surface area contributed by atoms with Crippen molar-refractivity contribution in [3.05, 3.63) is 36.4 Å². The summed E-state index contributed by atoms with van der Waals surface area (Å²) in [5.41, 5.74) is 2.06. The molecule has 1 unspecified atom stereocenters. The van der Waals surface area contributed by atoms with Gasteiger partial charge in [-0.1, -0.05) is 17.4 Å². The Kier molecular flexibility index (Phi) is 4.98. The topological polar surface area (TPSA) is 93.0 Å². The molecular weight excluding hydrogens is 400 g/mol. The smallest absolute Gasteiger partial charge is 0.229 e. The van der Waals surface area contributed by atoms with E-state index in [2.05, 4.69) is 26.4 Å². The second-order valence-electron chi connectivity index (χ2n) is 8.26. The SMILES string of the molecule is Cc1ccc2nc(N3CC(C(=O)NC4CCC(n5cncn5)CC4)CC3=O)sc2c1. The number of carbonyl (C=O) groups is 2. The first-order valence-corrected chi connectivity index (χ1v) is 11.2. The van der Waals surface area contributed by atoms with Crippen molar-refractivity contribution in [2.45, 2.75) is 51.1 Å². The molecule has 1 aromatic carbocycles. The average Bonchev–Trinajstić information content (AvgIpc) is 3.47. The van der Waals surface area contributed by atoms with Gasteiger partial charge < -0.3 is 5.32 Å². The van der Waals surface area contributed by atoms with Gasteiger partial charge in [0.05, 0.1) is 22.2 Å². The van der Waals surface area contributed by atoms with Crippen LogP contribution in [-0.2, 0) is 9.59 Å². The first kappa shape index (κ1) is 19.2. The molecule has 2 aliphatic rings. The van der Waals surface area contributed by atoms with E-state index in [4.69, 9.17) is 0 Å². The highest BCUT2D eigenvalue weighted by Crippen LogP contribution is 2.34. The molecule has 5 rings (SSSR count). The molecule has 1 N–H and O–H groups in total. The normalized spacial score (nSPS) is 24.5. The van der Waals surface area contributed by atoms with Crippen LogP contribution in [0.25, 0.3) is 10.2 Å². The molecule has 156 valence electrons. The third-order valence-electron chi connectivity index (χ3n) is 6.11. The number of fused-ring (bicyclic) bond motifs is 1. The Labute approximate surface area is 178 Å². The largest absolute Gasteiger partial charge is 0.353 e. The maximum Gasteiger partial charge on any atom is 0.229 e. The van der Waals surface area contributed by atoms with Gasteiger partial charge in [-0.05, 0) is 50.3 Å². The van der Waals surface area contributed by atoms with Crippen molar-refractivity contribution >= 4 is 38.5 Å². The van der Waals surface area contributed by atoms with Crippen molar-refractivity contribution < 1.29 is 9.59 Å². The van der Waals surface area contributed by atoms with Gasteiger partial charge >= 0.3 is 0 Å². The Morgan fingerprint density at radius 2 is 2.07 bits per heavy atom. The van der Waals surface area contributed by atoms with E-state index >= 15 is 0 Å². The molecule has 1 aliphatic carbocycles. The van der Waals surface area contributed by atoms with Gasteiger partial charge in [0, 0.05) is 19.0 Å². The number of nitrogens with zero attached hydrogens (tertiary/aromatic N) is 5. The molecule has 0 radical (unpaired) electrons. The molecule has 0 bridgehead atoms. The Balaban J connectivity index is 1.19. The zero-order chi connectivity index (χ0) is 20.7. The number of benzene rings is 1. The lowest BCUT2D eigenvalue weighted by atomic mass is 9.91. The number of aryl methyl sites for hydroxylation is 1. The Hall–Kier alpha value is -2.81. The number of hydrogen-bond acceptors (Lipinski definition) is 6. The second kappa shape index (κ2) is 7.79. The van der Waals surface area contributed by atoms with E-state index in [0.29, 0.717) is 17.7 Å². The van der Waals surface area contributed by atoms with Crippen LogP contribution in [0.1, 0.15) is 43.7 Å². The summed E-state index contributed by atoms with van der Waals surface area (Å²) in [5, 5.41) is 8.08. The predicted molar refractivity (Wildman–Crippen MR) is 114 cm³/mol. The fraction of sp³-hybridized carbons (Fsp3) is 0.476. The van der Waals surface area contributed by atoms with E-state index in [0.717, 1.165) is 35.9 Å². The minimum Gasteiger partial charge on any atom is -0.353 e. The number of nitrogens with one attached hydrogen (secondary N) is 1. The summed E-state index contributed by atoms with van der Waals surface area (Å²) in [4.78, 5) is 35.7. The number of carbonyl (C=O) groups excluding carboxylic acids is 2. The number of amides is 2. The van der Waals surface area contributed by atoms with E-state index in [1.54, 1.807) is 17.6 Å². The van der Waals surface area contributed by atoms with Crippen molar-refractivity contribution in [1.82, 2.24) is 25.1 Å². The van der Waals surface area contributed by atoms with Gasteiger partial charge in [-0.2, -0.15) is 5.10 Å². The molecule has 3 heterocycles. The van der Waals surface area contributed by atoms with E-state index in [9.17, 15) is 9.59 Å². The number of hydrogen-bond donors (Lipinski definition) is 1. The number of anilines is 1. The molecule has 1 saturated heterocycles. The quantitative estimate of drug-likeness (QED) is 0.695. The van der Waals surface area contributed by atoms with E-state index in [1.807, 2.05) is 23.7 Å². The van der Waals surface area contributed by atoms with E-state index in [1.165, 1.54) is 16.9 Å². The fourth-order valence-corrected chi connectivity index (χ4v) is 5.50. The molecule has 1 aliphatic heterocycles. The average molecular weight is 425 g/mol. The van der Waals surface area contributed by atoms with Crippen LogP contribution in [0.3, 0.4) is 0 Å². The molecule has 30 heavy (non-hydrogen) atoms. The minimum atomic E-state index is -0.320. The highest BCUT2D eigenvalue weighted by Gasteiger charge is 2.37. The third kappa shape index (κ3) is 3.69. The van der Waals surface area contributed by atoms with E-state index in [-0.39, 0.29) is 30.2 Å². The molecule has 2 fully saturated rings. The number of thiazole rings is 1. The highest BCUT2D eigenvalue weighted by molar-refractivity contribution is 7.22. The van der Waals surface area contributed by atoms with Crippen LogP contribution < -0.4 is 10.2 Å². The van der Waals surface area contributed by atoms with Crippen LogP contribution in [0, 0.1) is 12.8 Å². The molecule has 2 amide bonds. The molecular formula is C21H24N6O2S. The Bertz CT molecular complexity index is 1070. The Morgan fingerprint density at radius 3 is 2.83 bits per heavy atom. The van der Waals surface area contributed by atoms with Crippen molar-refractivity contribution in [3.8, 4) is 0 Å². The third-order valence-corrected chi connectivity index (χ3v) is 7.15. The summed E-state index contributed by atoms with van der Waals surface area (Å²) in [6.45, 7) is 2.44. The van der Waals surface area contributed by atoms with Crippen LogP contribution in [-0.4, -0.2) is 44.1 Å². The van der Waals surface area contributed by atoms with Crippen molar-refractivity contribution in [1.29, 1.82) is 0 Å². The van der Waals surface area contributed by atoms with Gasteiger partial charge in [0.1, 0.15) is 12.7 Å². The zero-order valence-corrected chi connectivity index (χ0v) is 17.6. The summed E-state index contributed by atoms with van der Waals surface area (Å²) < 4.78 is 2.97. The number of aromatic nitrogens is 4. The van der Waals surface area contributed by atoms with Gasteiger partial charge in [0.25, 0.3) is 0 Å². The van der Waals surface area contributed by atoms with Crippen LogP contribution in [0.4, 0.5) is 5.13 Å². The predicted octanol–water partition coefficient (Wildman–Crippen LogP) is 2.85. The lowest BCUT2D eigenvalue weighted by molar-refractivity contribution is -0.127. The molecule has 9 heteroatoms. The maximum absolute atomic E-state index is 12.8. The molecule has 0 spiro atoms. The van der Waals surface area contributed by atoms with E-state index < -0.39 is 0 Å². The van der Waals surface area contributed by atoms with Gasteiger partial charge in [-0.25, -0.2) is 14.6 Å². The van der Waals surface area contributed by atoms with Crippen LogP contribution in [0.5, 0.6) is 0 Å². The fourth-order valence-electron chi connectivity index (χ4n) is 4.41.